The predicted octanol–water partition coefficient (Wildman–Crippen LogP) is 0.441. The van der Waals surface area contributed by atoms with E-state index in [1.807, 2.05) is 0 Å². The van der Waals surface area contributed by atoms with E-state index < -0.39 is 6.09 Å². The number of rotatable bonds is 0. The Bertz CT molecular complexity index is 450. The van der Waals surface area contributed by atoms with Crippen molar-refractivity contribution in [2.24, 2.45) is 0 Å². The van der Waals surface area contributed by atoms with Gasteiger partial charge in [0.2, 0.25) is 0 Å². The maximum absolute atomic E-state index is 11.1. The minimum atomic E-state index is -0.561. The number of pyridine rings is 1. The fraction of sp³-hybridized carbons (Fsp3) is 0.143. The summed E-state index contributed by atoms with van der Waals surface area (Å²) in [5.41, 5.74) is 1.15. The summed E-state index contributed by atoms with van der Waals surface area (Å²) >= 11 is 0. The normalized spacial score (nSPS) is 10.2. The minimum Gasteiger partial charge on any atom is -0.451 e. The van der Waals surface area contributed by atoms with Crippen LogP contribution in [0.4, 0.5) is 4.79 Å². The molecular weight excluding hydrogens is 172 g/mol. The first-order valence-electron chi connectivity index (χ1n) is 3.56. The molecule has 0 aliphatic rings. The van der Waals surface area contributed by atoms with Gasteiger partial charge in [0, 0.05) is 6.20 Å². The van der Waals surface area contributed by atoms with E-state index in [1.165, 1.54) is 13.3 Å². The topological polar surface area (TPSA) is 69.9 Å². The third-order valence-electron chi connectivity index (χ3n) is 1.60. The van der Waals surface area contributed by atoms with Crippen LogP contribution in [0.25, 0.3) is 11.0 Å². The first-order valence-corrected chi connectivity index (χ1v) is 3.56. The van der Waals surface area contributed by atoms with Gasteiger partial charge in [-0.2, -0.15) is 0 Å². The third-order valence-corrected chi connectivity index (χ3v) is 1.60. The lowest BCUT2D eigenvalue weighted by molar-refractivity contribution is 0.170. The number of fused-ring (bicyclic) bond motifs is 1. The van der Waals surface area contributed by atoms with E-state index in [1.54, 1.807) is 12.3 Å². The largest absolute Gasteiger partial charge is 0.451 e. The van der Waals surface area contributed by atoms with Crippen LogP contribution in [0.2, 0.25) is 0 Å². The summed E-state index contributed by atoms with van der Waals surface area (Å²) in [6.07, 6.45) is 2.53. The zero-order valence-electron chi connectivity index (χ0n) is 6.84. The molecule has 66 valence electrons. The summed E-state index contributed by atoms with van der Waals surface area (Å²) in [7, 11) is 1.29. The van der Waals surface area contributed by atoms with Crippen molar-refractivity contribution in [1.82, 2.24) is 20.0 Å². The molecule has 2 aromatic heterocycles. The lowest BCUT2D eigenvalue weighted by Gasteiger charge is -1.96. The molecule has 6 nitrogen and oxygen atoms in total. The number of methoxy groups -OCH3 is 1. The van der Waals surface area contributed by atoms with Crippen LogP contribution >= 0.6 is 0 Å². The van der Waals surface area contributed by atoms with Crippen LogP contribution in [0.3, 0.4) is 0 Å². The summed E-state index contributed by atoms with van der Waals surface area (Å²) in [5, 5.41) is 7.36. The highest BCUT2D eigenvalue weighted by molar-refractivity contribution is 5.84. The van der Waals surface area contributed by atoms with Crippen molar-refractivity contribution < 1.29 is 9.53 Å². The first kappa shape index (κ1) is 7.66. The van der Waals surface area contributed by atoms with E-state index in [0.29, 0.717) is 11.0 Å². The van der Waals surface area contributed by atoms with Crippen molar-refractivity contribution in [3.63, 3.8) is 0 Å². The molecule has 0 unspecified atom stereocenters. The van der Waals surface area contributed by atoms with Crippen LogP contribution in [0.1, 0.15) is 0 Å². The van der Waals surface area contributed by atoms with Gasteiger partial charge in [-0.1, -0.05) is 5.21 Å². The Hall–Kier alpha value is -1.98. The minimum absolute atomic E-state index is 0.561. The number of carbonyl (C=O) groups excluding carboxylic acids is 1. The number of hydrogen-bond acceptors (Lipinski definition) is 5. The van der Waals surface area contributed by atoms with Crippen molar-refractivity contribution in [2.75, 3.05) is 7.11 Å². The molecule has 0 aliphatic carbocycles. The number of hydrogen-bond donors (Lipinski definition) is 0. The van der Waals surface area contributed by atoms with E-state index >= 15 is 0 Å². The monoisotopic (exact) mass is 178 g/mol. The summed E-state index contributed by atoms with van der Waals surface area (Å²) < 4.78 is 5.58. The predicted molar refractivity (Wildman–Crippen MR) is 43.1 cm³/mol. The van der Waals surface area contributed by atoms with Gasteiger partial charge in [-0.05, 0) is 6.07 Å². The van der Waals surface area contributed by atoms with E-state index in [-0.39, 0.29) is 0 Å². The van der Waals surface area contributed by atoms with Crippen molar-refractivity contribution in [3.05, 3.63) is 18.5 Å². The average molecular weight is 178 g/mol. The lowest BCUT2D eigenvalue weighted by Crippen LogP contribution is -2.12. The molecule has 0 saturated carbocycles. The molecule has 13 heavy (non-hydrogen) atoms. The second kappa shape index (κ2) is 2.81. The first-order chi connectivity index (χ1) is 6.33. The van der Waals surface area contributed by atoms with E-state index in [0.717, 1.165) is 4.68 Å². The molecule has 0 spiro atoms. The van der Waals surface area contributed by atoms with Crippen molar-refractivity contribution in [2.45, 2.75) is 0 Å². The van der Waals surface area contributed by atoms with Crippen molar-refractivity contribution in [3.8, 4) is 0 Å². The van der Waals surface area contributed by atoms with Crippen LogP contribution < -0.4 is 0 Å². The van der Waals surface area contributed by atoms with Crippen LogP contribution in [0, 0.1) is 0 Å². The Labute approximate surface area is 73.1 Å². The van der Waals surface area contributed by atoms with Crippen molar-refractivity contribution >= 4 is 17.1 Å². The Balaban J connectivity index is 2.64. The summed E-state index contributed by atoms with van der Waals surface area (Å²) in [4.78, 5) is 14.9. The zero-order chi connectivity index (χ0) is 9.26. The molecule has 0 atom stereocenters. The fourth-order valence-electron chi connectivity index (χ4n) is 0.997. The van der Waals surface area contributed by atoms with Gasteiger partial charge >= 0.3 is 6.09 Å². The second-order valence-corrected chi connectivity index (χ2v) is 2.34. The molecule has 0 N–H and O–H groups in total. The molecule has 2 heterocycles. The van der Waals surface area contributed by atoms with Gasteiger partial charge in [-0.3, -0.25) is 4.98 Å². The molecule has 2 aromatic rings. The van der Waals surface area contributed by atoms with Crippen LogP contribution in [0.15, 0.2) is 18.5 Å². The molecular formula is C7H6N4O2. The van der Waals surface area contributed by atoms with Crippen LogP contribution in [0.5, 0.6) is 0 Å². The molecule has 0 bridgehead atoms. The number of carbonyl (C=O) groups is 1. The molecule has 0 radical (unpaired) electrons. The Morgan fingerprint density at radius 2 is 2.46 bits per heavy atom. The highest BCUT2D eigenvalue weighted by Gasteiger charge is 2.10. The van der Waals surface area contributed by atoms with E-state index in [9.17, 15) is 4.79 Å². The Morgan fingerprint density at radius 1 is 1.62 bits per heavy atom. The number of nitrogens with zero attached hydrogens (tertiary/aromatic N) is 4. The maximum atomic E-state index is 11.1. The van der Waals surface area contributed by atoms with Gasteiger partial charge in [0.15, 0.2) is 0 Å². The molecule has 2 rings (SSSR count). The standard InChI is InChI=1S/C7H6N4O2/c1-13-7(12)11-6-2-3-8-4-5(6)9-10-11/h2-4H,1H3. The highest BCUT2D eigenvalue weighted by Crippen LogP contribution is 2.07. The summed E-state index contributed by atoms with van der Waals surface area (Å²) in [6, 6.07) is 1.65. The van der Waals surface area contributed by atoms with E-state index in [2.05, 4.69) is 20.0 Å². The van der Waals surface area contributed by atoms with Gasteiger partial charge in [-0.15, -0.1) is 9.78 Å². The van der Waals surface area contributed by atoms with Gasteiger partial charge in [-0.25, -0.2) is 4.79 Å². The molecule has 6 heteroatoms. The van der Waals surface area contributed by atoms with Crippen molar-refractivity contribution in [1.29, 1.82) is 0 Å². The van der Waals surface area contributed by atoms with Crippen LogP contribution in [-0.4, -0.2) is 33.2 Å². The summed E-state index contributed by atoms with van der Waals surface area (Å²) in [6.45, 7) is 0. The molecule has 0 aliphatic heterocycles. The number of ether oxygens (including phenoxy) is 1. The van der Waals surface area contributed by atoms with Crippen LogP contribution in [-0.2, 0) is 4.74 Å². The number of aromatic nitrogens is 4. The summed E-state index contributed by atoms with van der Waals surface area (Å²) in [5.74, 6) is 0. The second-order valence-electron chi connectivity index (χ2n) is 2.34. The average Bonchev–Trinajstić information content (AvgIpc) is 2.60. The van der Waals surface area contributed by atoms with Gasteiger partial charge < -0.3 is 4.74 Å². The Kier molecular flexibility index (Phi) is 1.66. The van der Waals surface area contributed by atoms with E-state index in [4.69, 9.17) is 0 Å². The Morgan fingerprint density at radius 3 is 3.23 bits per heavy atom. The molecule has 0 aromatic carbocycles. The quantitative estimate of drug-likeness (QED) is 0.585. The fourth-order valence-corrected chi connectivity index (χ4v) is 0.997. The smallest absolute Gasteiger partial charge is 0.436 e. The highest BCUT2D eigenvalue weighted by atomic mass is 16.5. The van der Waals surface area contributed by atoms with Gasteiger partial charge in [0.25, 0.3) is 0 Å². The molecule has 0 fully saturated rings. The SMILES string of the molecule is COC(=O)n1nnc2cnccc21. The van der Waals surface area contributed by atoms with Gasteiger partial charge in [0.05, 0.1) is 13.3 Å². The molecule has 0 saturated heterocycles. The van der Waals surface area contributed by atoms with Gasteiger partial charge in [0.1, 0.15) is 11.0 Å². The zero-order valence-corrected chi connectivity index (χ0v) is 6.84. The molecule has 0 amide bonds. The maximum Gasteiger partial charge on any atom is 0.436 e. The third kappa shape index (κ3) is 1.12. The lowest BCUT2D eigenvalue weighted by atomic mass is 10.4.